The molecule has 10 nitrogen and oxygen atoms in total. The zero-order valence-corrected chi connectivity index (χ0v) is 25.2. The SMILES string of the molecule is CN1C(C=O)COC1(C)C.CN1[C@@H]([C@H](O)c2ccc3c(c2)OCCO3)COC1(C)C.Cc1ccc2c(c1)OCCO2. The van der Waals surface area contributed by atoms with Crippen LogP contribution < -0.4 is 18.9 Å². The Balaban J connectivity index is 0.000000156. The van der Waals surface area contributed by atoms with Gasteiger partial charge in [-0.2, -0.15) is 0 Å². The van der Waals surface area contributed by atoms with Gasteiger partial charge >= 0.3 is 0 Å². The molecule has 2 fully saturated rings. The standard InChI is InChI=1S/C15H21NO4.C9H10O2.C7H13NO2/c1-15(2)16(3)11(9-20-15)14(17)10-4-5-12-13(8-10)19-7-6-18-12;1-7-2-3-8-9(6-7)11-5-4-10-8;1-7(2)8(3)6(4-9)5-10-7/h4-5,8,11,14,17H,6-7,9H2,1-3H3;2-3,6H,4-5H2,1H3;4,6H,5H2,1-3H3/t11-,14-;;/m1../s1. The molecular weight excluding hydrogens is 528 g/mol. The molecule has 1 unspecified atom stereocenters. The van der Waals surface area contributed by atoms with Crippen molar-refractivity contribution in [3.05, 3.63) is 47.5 Å². The molecule has 0 aliphatic carbocycles. The van der Waals surface area contributed by atoms with Crippen molar-refractivity contribution in [2.75, 3.05) is 53.7 Å². The number of carbonyl (C=O) groups is 1. The smallest absolute Gasteiger partial charge is 0.161 e. The number of aryl methyl sites for hydroxylation is 1. The molecule has 0 saturated carbocycles. The van der Waals surface area contributed by atoms with E-state index in [0.717, 1.165) is 29.1 Å². The largest absolute Gasteiger partial charge is 0.486 e. The summed E-state index contributed by atoms with van der Waals surface area (Å²) in [5.41, 5.74) is 1.41. The summed E-state index contributed by atoms with van der Waals surface area (Å²) in [6.07, 6.45) is 0.312. The van der Waals surface area contributed by atoms with E-state index in [-0.39, 0.29) is 23.5 Å². The molecule has 6 rings (SSSR count). The lowest BCUT2D eigenvalue weighted by atomic mass is 10.0. The van der Waals surface area contributed by atoms with Crippen LogP contribution in [-0.2, 0) is 14.3 Å². The van der Waals surface area contributed by atoms with Crippen LogP contribution in [0.15, 0.2) is 36.4 Å². The Hall–Kier alpha value is -2.89. The number of hydrogen-bond donors (Lipinski definition) is 1. The van der Waals surface area contributed by atoms with Crippen molar-refractivity contribution in [2.24, 2.45) is 0 Å². The highest BCUT2D eigenvalue weighted by molar-refractivity contribution is 5.58. The number of aliphatic hydroxyl groups is 1. The van der Waals surface area contributed by atoms with Crippen LogP contribution in [0.3, 0.4) is 0 Å². The summed E-state index contributed by atoms with van der Waals surface area (Å²) in [7, 11) is 3.87. The molecular formula is C31H44N2O8. The second-order valence-electron chi connectivity index (χ2n) is 11.5. The van der Waals surface area contributed by atoms with Crippen LogP contribution in [0.25, 0.3) is 0 Å². The van der Waals surface area contributed by atoms with Gasteiger partial charge in [0, 0.05) is 0 Å². The number of aldehydes is 1. The van der Waals surface area contributed by atoms with Crippen molar-refractivity contribution in [3.63, 3.8) is 0 Å². The number of nitrogens with zero attached hydrogens (tertiary/aromatic N) is 2. The van der Waals surface area contributed by atoms with Crippen LogP contribution in [0.5, 0.6) is 23.0 Å². The number of benzene rings is 2. The molecule has 0 radical (unpaired) electrons. The maximum atomic E-state index is 10.6. The number of hydrogen-bond acceptors (Lipinski definition) is 10. The first-order valence-electron chi connectivity index (χ1n) is 14.1. The third-order valence-electron chi connectivity index (χ3n) is 8.04. The minimum absolute atomic E-state index is 0.0602. The zero-order chi connectivity index (χ0) is 29.8. The Bertz CT molecular complexity index is 1190. The van der Waals surface area contributed by atoms with Gasteiger partial charge in [0.2, 0.25) is 0 Å². The Morgan fingerprint density at radius 2 is 1.29 bits per heavy atom. The molecule has 41 heavy (non-hydrogen) atoms. The van der Waals surface area contributed by atoms with Crippen molar-refractivity contribution in [3.8, 4) is 23.0 Å². The summed E-state index contributed by atoms with van der Waals surface area (Å²) in [5.74, 6) is 3.18. The fourth-order valence-corrected chi connectivity index (χ4v) is 4.85. The summed E-state index contributed by atoms with van der Waals surface area (Å²) in [6.45, 7) is 13.4. The van der Waals surface area contributed by atoms with E-state index < -0.39 is 6.10 Å². The van der Waals surface area contributed by atoms with E-state index in [9.17, 15) is 9.90 Å². The van der Waals surface area contributed by atoms with Crippen LogP contribution in [0, 0.1) is 6.92 Å². The van der Waals surface area contributed by atoms with E-state index in [1.54, 1.807) is 0 Å². The molecule has 0 aromatic heterocycles. The Labute approximate surface area is 243 Å². The van der Waals surface area contributed by atoms with Crippen molar-refractivity contribution in [1.82, 2.24) is 9.80 Å². The Kier molecular flexibility index (Phi) is 9.81. The highest BCUT2D eigenvalue weighted by Crippen LogP contribution is 2.37. The normalized spacial score (nSPS) is 24.8. The summed E-state index contributed by atoms with van der Waals surface area (Å²) in [6, 6.07) is 11.4. The van der Waals surface area contributed by atoms with Gasteiger partial charge in [-0.15, -0.1) is 0 Å². The van der Waals surface area contributed by atoms with E-state index in [2.05, 4.69) is 4.90 Å². The number of rotatable bonds is 3. The topological polar surface area (TPSA) is 99.2 Å². The predicted molar refractivity (Wildman–Crippen MR) is 154 cm³/mol. The lowest BCUT2D eigenvalue weighted by molar-refractivity contribution is -0.112. The third-order valence-corrected chi connectivity index (χ3v) is 8.04. The van der Waals surface area contributed by atoms with Crippen molar-refractivity contribution >= 4 is 6.29 Å². The molecule has 2 aromatic carbocycles. The molecule has 226 valence electrons. The Morgan fingerprint density at radius 3 is 1.78 bits per heavy atom. The first-order chi connectivity index (χ1) is 19.4. The fraction of sp³-hybridized carbons (Fsp3) is 0.581. The second kappa shape index (κ2) is 13.0. The molecule has 1 N–H and O–H groups in total. The first-order valence-corrected chi connectivity index (χ1v) is 14.1. The number of carbonyl (C=O) groups excluding carboxylic acids is 1. The van der Waals surface area contributed by atoms with Gasteiger partial charge in [-0.25, -0.2) is 0 Å². The molecule has 0 spiro atoms. The summed E-state index contributed by atoms with van der Waals surface area (Å²) in [5, 5.41) is 10.6. The number of fused-ring (bicyclic) bond motifs is 2. The molecule has 4 heterocycles. The van der Waals surface area contributed by atoms with Crippen molar-refractivity contribution in [2.45, 2.75) is 64.3 Å². The van der Waals surface area contributed by atoms with Gasteiger partial charge < -0.3 is 38.3 Å². The van der Waals surface area contributed by atoms with Crippen LogP contribution in [0.1, 0.15) is 44.9 Å². The van der Waals surface area contributed by atoms with E-state index >= 15 is 0 Å². The summed E-state index contributed by atoms with van der Waals surface area (Å²) >= 11 is 0. The quantitative estimate of drug-likeness (QED) is 0.550. The van der Waals surface area contributed by atoms with E-state index in [4.69, 9.17) is 28.4 Å². The first kappa shape index (κ1) is 31.1. The molecule has 2 saturated heterocycles. The van der Waals surface area contributed by atoms with Crippen LogP contribution in [-0.4, -0.2) is 98.5 Å². The van der Waals surface area contributed by atoms with Gasteiger partial charge in [-0.05, 0) is 84.1 Å². The zero-order valence-electron chi connectivity index (χ0n) is 25.2. The third kappa shape index (κ3) is 7.31. The Morgan fingerprint density at radius 1 is 0.780 bits per heavy atom. The van der Waals surface area contributed by atoms with Gasteiger partial charge in [0.15, 0.2) is 23.0 Å². The lowest BCUT2D eigenvalue weighted by Crippen LogP contribution is -2.43. The van der Waals surface area contributed by atoms with E-state index in [0.29, 0.717) is 45.4 Å². The van der Waals surface area contributed by atoms with Crippen LogP contribution in [0.4, 0.5) is 0 Å². The molecule has 10 heteroatoms. The molecule has 0 amide bonds. The average molecular weight is 573 g/mol. The maximum Gasteiger partial charge on any atom is 0.161 e. The molecule has 4 aliphatic heterocycles. The van der Waals surface area contributed by atoms with Crippen LogP contribution in [0.2, 0.25) is 0 Å². The van der Waals surface area contributed by atoms with E-state index in [1.807, 2.05) is 90.0 Å². The van der Waals surface area contributed by atoms with Crippen LogP contribution >= 0.6 is 0 Å². The highest BCUT2D eigenvalue weighted by atomic mass is 16.6. The van der Waals surface area contributed by atoms with Gasteiger partial charge in [0.05, 0.1) is 31.4 Å². The number of likely N-dealkylation sites (N-methyl/N-ethyl adjacent to an activating group) is 2. The highest BCUT2D eigenvalue weighted by Gasteiger charge is 2.42. The molecule has 2 aromatic rings. The van der Waals surface area contributed by atoms with Gasteiger partial charge in [0.1, 0.15) is 44.2 Å². The fourth-order valence-electron chi connectivity index (χ4n) is 4.85. The second-order valence-corrected chi connectivity index (χ2v) is 11.5. The monoisotopic (exact) mass is 572 g/mol. The minimum atomic E-state index is -0.613. The van der Waals surface area contributed by atoms with Gasteiger partial charge in [-0.1, -0.05) is 12.1 Å². The van der Waals surface area contributed by atoms with Gasteiger partial charge in [0.25, 0.3) is 0 Å². The summed E-state index contributed by atoms with van der Waals surface area (Å²) in [4.78, 5) is 14.4. The molecule has 3 atom stereocenters. The van der Waals surface area contributed by atoms with Crippen molar-refractivity contribution < 1.29 is 38.3 Å². The number of ether oxygens (including phenoxy) is 6. The van der Waals surface area contributed by atoms with Gasteiger partial charge in [-0.3, -0.25) is 9.80 Å². The number of aliphatic hydroxyl groups excluding tert-OH is 1. The minimum Gasteiger partial charge on any atom is -0.486 e. The predicted octanol–water partition coefficient (Wildman–Crippen LogP) is 3.58. The van der Waals surface area contributed by atoms with E-state index in [1.165, 1.54) is 5.56 Å². The molecule has 4 aliphatic rings. The lowest BCUT2D eigenvalue weighted by Gasteiger charge is -2.32. The van der Waals surface area contributed by atoms with Crippen molar-refractivity contribution in [1.29, 1.82) is 0 Å². The average Bonchev–Trinajstić information content (AvgIpc) is 3.40. The maximum absolute atomic E-state index is 10.6. The summed E-state index contributed by atoms with van der Waals surface area (Å²) < 4.78 is 32.9. The molecule has 0 bridgehead atoms.